The predicted molar refractivity (Wildman–Crippen MR) is 144 cm³/mol. The van der Waals surface area contributed by atoms with E-state index in [1.807, 2.05) is 40.7 Å². The number of amides is 2. The highest BCUT2D eigenvalue weighted by Gasteiger charge is 2.40. The fourth-order valence-electron chi connectivity index (χ4n) is 5.64. The molecule has 36 heavy (non-hydrogen) atoms. The van der Waals surface area contributed by atoms with Gasteiger partial charge in [0.25, 0.3) is 0 Å². The molecule has 3 atom stereocenters. The van der Waals surface area contributed by atoms with Crippen LogP contribution in [0.1, 0.15) is 99.8 Å². The fourth-order valence-corrected chi connectivity index (χ4v) is 5.64. The quantitative estimate of drug-likeness (QED) is 0.363. The van der Waals surface area contributed by atoms with Crippen LogP contribution in [0.3, 0.4) is 0 Å². The van der Waals surface area contributed by atoms with Crippen LogP contribution in [0.25, 0.3) is 0 Å². The van der Waals surface area contributed by atoms with E-state index in [0.29, 0.717) is 18.2 Å². The Morgan fingerprint density at radius 1 is 1.06 bits per heavy atom. The monoisotopic (exact) mass is 505 g/mol. The third kappa shape index (κ3) is 8.06. The zero-order chi connectivity index (χ0) is 27.0. The van der Waals surface area contributed by atoms with Crippen LogP contribution in [0.4, 0.5) is 0 Å². The molecular formula is C29H51N3O4. The Morgan fingerprint density at radius 3 is 2.22 bits per heavy atom. The molecule has 2 amide bonds. The van der Waals surface area contributed by atoms with Gasteiger partial charge in [0.1, 0.15) is 6.04 Å². The van der Waals surface area contributed by atoms with Crippen LogP contribution in [0, 0.1) is 11.3 Å². The first-order valence-electron chi connectivity index (χ1n) is 14.1. The van der Waals surface area contributed by atoms with Crippen molar-refractivity contribution in [3.63, 3.8) is 0 Å². The maximum Gasteiger partial charge on any atom is 0.333 e. The lowest BCUT2D eigenvalue weighted by Gasteiger charge is -2.43. The molecule has 0 aromatic carbocycles. The van der Waals surface area contributed by atoms with Crippen LogP contribution in [-0.4, -0.2) is 72.0 Å². The Kier molecular flexibility index (Phi) is 11.5. The molecule has 0 aromatic heterocycles. The lowest BCUT2D eigenvalue weighted by atomic mass is 9.84. The Morgan fingerprint density at radius 2 is 1.67 bits per heavy atom. The summed E-state index contributed by atoms with van der Waals surface area (Å²) in [5.41, 5.74) is 0.0177. The average Bonchev–Trinajstić information content (AvgIpc) is 2.84. The zero-order valence-corrected chi connectivity index (χ0v) is 24.1. The van der Waals surface area contributed by atoms with Crippen LogP contribution in [0.5, 0.6) is 0 Å². The number of piperidine rings is 1. The lowest BCUT2D eigenvalue weighted by Crippen LogP contribution is -2.61. The van der Waals surface area contributed by atoms with Gasteiger partial charge in [-0.25, -0.2) is 4.79 Å². The minimum Gasteiger partial charge on any atom is -0.463 e. The summed E-state index contributed by atoms with van der Waals surface area (Å²) in [7, 11) is 1.77. The van der Waals surface area contributed by atoms with Crippen LogP contribution >= 0.6 is 0 Å². The van der Waals surface area contributed by atoms with Crippen molar-refractivity contribution in [1.29, 1.82) is 0 Å². The van der Waals surface area contributed by atoms with Crippen molar-refractivity contribution in [2.45, 2.75) is 124 Å². The SMILES string of the molecule is CCOC(=O)/C(C)=C/[C@H](C(C)C)N(C)C(=O)C(NC(=O)[C@H]1CCCCN1C1CCCCC1)C(C)(C)C. The fraction of sp³-hybridized carbons (Fsp3) is 0.828. The van der Waals surface area contributed by atoms with Gasteiger partial charge >= 0.3 is 5.97 Å². The number of esters is 1. The molecule has 2 aliphatic rings. The number of nitrogens with zero attached hydrogens (tertiary/aromatic N) is 2. The van der Waals surface area contributed by atoms with Crippen molar-refractivity contribution >= 4 is 17.8 Å². The Labute approximate surface area is 219 Å². The van der Waals surface area contributed by atoms with Gasteiger partial charge in [-0.3, -0.25) is 14.5 Å². The van der Waals surface area contributed by atoms with E-state index in [1.165, 1.54) is 19.3 Å². The molecule has 1 saturated carbocycles. The Hall–Kier alpha value is -1.89. The largest absolute Gasteiger partial charge is 0.463 e. The van der Waals surface area contributed by atoms with Crippen molar-refractivity contribution in [2.75, 3.05) is 20.2 Å². The third-order valence-corrected chi connectivity index (χ3v) is 7.79. The van der Waals surface area contributed by atoms with E-state index in [1.54, 1.807) is 25.8 Å². The van der Waals surface area contributed by atoms with Gasteiger partial charge in [0, 0.05) is 18.7 Å². The van der Waals surface area contributed by atoms with E-state index in [4.69, 9.17) is 4.74 Å². The molecule has 0 aromatic rings. The number of carbonyl (C=O) groups excluding carboxylic acids is 3. The number of carbonyl (C=O) groups is 3. The summed E-state index contributed by atoms with van der Waals surface area (Å²) < 4.78 is 5.13. The summed E-state index contributed by atoms with van der Waals surface area (Å²) in [6.45, 7) is 14.8. The van der Waals surface area contributed by atoms with Crippen molar-refractivity contribution in [3.8, 4) is 0 Å². The number of nitrogens with one attached hydrogen (secondary N) is 1. The standard InChI is InChI=1S/C29H51N3O4/c1-9-36-28(35)21(4)19-24(20(2)3)31(8)27(34)25(29(5,6)7)30-26(33)23-17-13-14-18-32(23)22-15-11-10-12-16-22/h19-20,22-25H,9-18H2,1-8H3,(H,30,33)/b21-19+/t23-,24-,25?/m1/s1. The number of rotatable bonds is 9. The molecule has 2 fully saturated rings. The van der Waals surface area contributed by atoms with Crippen LogP contribution < -0.4 is 5.32 Å². The molecule has 2 rings (SSSR count). The van der Waals surface area contributed by atoms with Crippen molar-refractivity contribution in [2.24, 2.45) is 11.3 Å². The second-order valence-corrected chi connectivity index (χ2v) is 12.1. The summed E-state index contributed by atoms with van der Waals surface area (Å²) in [4.78, 5) is 43.9. The summed E-state index contributed by atoms with van der Waals surface area (Å²) in [5, 5.41) is 3.18. The smallest absolute Gasteiger partial charge is 0.333 e. The first-order chi connectivity index (χ1) is 16.9. The van der Waals surface area contributed by atoms with Crippen LogP contribution in [0.2, 0.25) is 0 Å². The molecule has 1 aliphatic carbocycles. The van der Waals surface area contributed by atoms with Gasteiger partial charge in [-0.05, 0) is 57.4 Å². The highest BCUT2D eigenvalue weighted by molar-refractivity contribution is 5.91. The van der Waals surface area contributed by atoms with Crippen LogP contribution in [-0.2, 0) is 19.1 Å². The summed E-state index contributed by atoms with van der Waals surface area (Å²) in [6.07, 6.45) is 10.9. The second kappa shape index (κ2) is 13.6. The van der Waals surface area contributed by atoms with Crippen molar-refractivity contribution in [1.82, 2.24) is 15.1 Å². The minimum atomic E-state index is -0.664. The van der Waals surface area contributed by atoms with Crippen LogP contribution in [0.15, 0.2) is 11.6 Å². The second-order valence-electron chi connectivity index (χ2n) is 12.1. The topological polar surface area (TPSA) is 79.0 Å². The van der Waals surface area contributed by atoms with E-state index in [0.717, 1.165) is 38.6 Å². The molecule has 1 N–H and O–H groups in total. The normalized spacial score (nSPS) is 22.1. The molecule has 7 heteroatoms. The molecule has 0 radical (unpaired) electrons. The van der Waals surface area contributed by atoms with Gasteiger partial charge in [0.2, 0.25) is 11.8 Å². The highest BCUT2D eigenvalue weighted by atomic mass is 16.5. The first-order valence-corrected chi connectivity index (χ1v) is 14.1. The molecule has 0 spiro atoms. The first kappa shape index (κ1) is 30.3. The Balaban J connectivity index is 2.23. The van der Waals surface area contributed by atoms with Gasteiger partial charge in [-0.2, -0.15) is 0 Å². The molecule has 206 valence electrons. The van der Waals surface area contributed by atoms with E-state index >= 15 is 0 Å². The molecule has 1 saturated heterocycles. The number of hydrogen-bond acceptors (Lipinski definition) is 5. The predicted octanol–water partition coefficient (Wildman–Crippen LogP) is 4.70. The molecule has 0 bridgehead atoms. The van der Waals surface area contributed by atoms with Gasteiger partial charge in [0.15, 0.2) is 0 Å². The third-order valence-electron chi connectivity index (χ3n) is 7.79. The molecular weight excluding hydrogens is 454 g/mol. The number of ether oxygens (including phenoxy) is 1. The van der Waals surface area contributed by atoms with E-state index in [2.05, 4.69) is 10.2 Å². The van der Waals surface area contributed by atoms with Gasteiger partial charge in [0.05, 0.1) is 18.7 Å². The average molecular weight is 506 g/mol. The molecule has 1 unspecified atom stereocenters. The van der Waals surface area contributed by atoms with Crippen molar-refractivity contribution in [3.05, 3.63) is 11.6 Å². The highest BCUT2D eigenvalue weighted by Crippen LogP contribution is 2.30. The maximum absolute atomic E-state index is 13.9. The maximum atomic E-state index is 13.9. The molecule has 7 nitrogen and oxygen atoms in total. The number of likely N-dealkylation sites (tertiary alicyclic amines) is 1. The summed E-state index contributed by atoms with van der Waals surface area (Å²) >= 11 is 0. The van der Waals surface area contributed by atoms with E-state index in [9.17, 15) is 14.4 Å². The van der Waals surface area contributed by atoms with Gasteiger partial charge < -0.3 is 15.0 Å². The van der Waals surface area contributed by atoms with Gasteiger partial charge in [-0.1, -0.05) is 66.4 Å². The lowest BCUT2D eigenvalue weighted by molar-refractivity contribution is -0.142. The van der Waals surface area contributed by atoms with Crippen molar-refractivity contribution < 1.29 is 19.1 Å². The van der Waals surface area contributed by atoms with E-state index < -0.39 is 11.5 Å². The minimum absolute atomic E-state index is 0.0266. The number of hydrogen-bond donors (Lipinski definition) is 1. The Bertz CT molecular complexity index is 780. The molecule has 1 aliphatic heterocycles. The zero-order valence-electron chi connectivity index (χ0n) is 24.1. The summed E-state index contributed by atoms with van der Waals surface area (Å²) in [5.74, 6) is -0.451. The van der Waals surface area contributed by atoms with Gasteiger partial charge in [-0.15, -0.1) is 0 Å². The summed E-state index contributed by atoms with van der Waals surface area (Å²) in [6, 6.07) is -0.654. The molecule has 1 heterocycles. The van der Waals surface area contributed by atoms with E-state index in [-0.39, 0.29) is 35.8 Å². The number of likely N-dealkylation sites (N-methyl/N-ethyl adjacent to an activating group) is 1.